The molecule has 0 fully saturated rings. The van der Waals surface area contributed by atoms with Crippen LogP contribution in [0.4, 0.5) is 0 Å². The lowest BCUT2D eigenvalue weighted by molar-refractivity contribution is -0.142. The van der Waals surface area contributed by atoms with Crippen molar-refractivity contribution < 1.29 is 19.0 Å². The van der Waals surface area contributed by atoms with E-state index in [4.69, 9.17) is 14.2 Å². The van der Waals surface area contributed by atoms with Crippen molar-refractivity contribution in [2.45, 2.75) is 13.3 Å². The van der Waals surface area contributed by atoms with Crippen LogP contribution < -0.4 is 14.8 Å². The average molecular weight is 267 g/mol. The van der Waals surface area contributed by atoms with E-state index in [1.807, 2.05) is 24.3 Å². The van der Waals surface area contributed by atoms with Crippen LogP contribution in [0.1, 0.15) is 13.3 Å². The van der Waals surface area contributed by atoms with Crippen LogP contribution >= 0.6 is 0 Å². The normalized spacial score (nSPS) is 10.0. The fourth-order valence-corrected chi connectivity index (χ4v) is 1.46. The van der Waals surface area contributed by atoms with Gasteiger partial charge in [0.25, 0.3) is 0 Å². The number of benzene rings is 1. The van der Waals surface area contributed by atoms with Crippen LogP contribution in [-0.4, -0.2) is 39.4 Å². The molecule has 106 valence electrons. The summed E-state index contributed by atoms with van der Waals surface area (Å²) in [6.45, 7) is 4.07. The first-order valence-electron chi connectivity index (χ1n) is 6.39. The Morgan fingerprint density at radius 3 is 2.47 bits per heavy atom. The number of methoxy groups -OCH3 is 1. The maximum absolute atomic E-state index is 11.1. The van der Waals surface area contributed by atoms with Crippen molar-refractivity contribution in [1.29, 1.82) is 0 Å². The Hall–Kier alpha value is -1.75. The molecule has 19 heavy (non-hydrogen) atoms. The predicted molar refractivity (Wildman–Crippen MR) is 72.6 cm³/mol. The maximum Gasteiger partial charge on any atom is 0.307 e. The van der Waals surface area contributed by atoms with Gasteiger partial charge in [-0.1, -0.05) is 0 Å². The summed E-state index contributed by atoms with van der Waals surface area (Å²) in [6, 6.07) is 7.42. The summed E-state index contributed by atoms with van der Waals surface area (Å²) in [4.78, 5) is 11.1. The molecule has 5 nitrogen and oxygen atoms in total. The first kappa shape index (κ1) is 15.3. The van der Waals surface area contributed by atoms with Gasteiger partial charge >= 0.3 is 5.97 Å². The molecule has 5 heteroatoms. The summed E-state index contributed by atoms with van der Waals surface area (Å²) in [6.07, 6.45) is 0.385. The standard InChI is InChI=1S/C14H21NO4/c1-3-18-14(16)8-9-15-10-11-19-13-6-4-12(17-2)5-7-13/h4-7,15H,3,8-11H2,1-2H3. The quantitative estimate of drug-likeness (QED) is 0.544. The van der Waals surface area contributed by atoms with E-state index in [0.717, 1.165) is 11.5 Å². The highest BCUT2D eigenvalue weighted by molar-refractivity contribution is 5.69. The van der Waals surface area contributed by atoms with E-state index in [0.29, 0.717) is 32.7 Å². The number of ether oxygens (including phenoxy) is 3. The first-order chi connectivity index (χ1) is 9.26. The van der Waals surface area contributed by atoms with Crippen LogP contribution in [0.2, 0.25) is 0 Å². The zero-order chi connectivity index (χ0) is 13.9. The maximum atomic E-state index is 11.1. The molecule has 0 saturated heterocycles. The van der Waals surface area contributed by atoms with E-state index in [2.05, 4.69) is 5.32 Å². The number of nitrogens with one attached hydrogen (secondary N) is 1. The fraction of sp³-hybridized carbons (Fsp3) is 0.500. The van der Waals surface area contributed by atoms with Gasteiger partial charge in [0, 0.05) is 13.1 Å². The average Bonchev–Trinajstić information content (AvgIpc) is 2.43. The number of esters is 1. The molecule has 0 aliphatic carbocycles. The Balaban J connectivity index is 2.05. The van der Waals surface area contributed by atoms with Crippen LogP contribution in [0, 0.1) is 0 Å². The zero-order valence-electron chi connectivity index (χ0n) is 11.5. The molecule has 1 N–H and O–H groups in total. The number of carbonyl (C=O) groups is 1. The molecule has 0 unspecified atom stereocenters. The molecular formula is C14H21NO4. The second-order valence-electron chi connectivity index (χ2n) is 3.83. The van der Waals surface area contributed by atoms with E-state index in [-0.39, 0.29) is 5.97 Å². The molecular weight excluding hydrogens is 246 g/mol. The summed E-state index contributed by atoms with van der Waals surface area (Å²) < 4.78 is 15.4. The lowest BCUT2D eigenvalue weighted by Crippen LogP contribution is -2.24. The number of hydrogen-bond donors (Lipinski definition) is 1. The molecule has 0 bridgehead atoms. The lowest BCUT2D eigenvalue weighted by Gasteiger charge is -2.08. The van der Waals surface area contributed by atoms with Gasteiger partial charge in [-0.05, 0) is 31.2 Å². The highest BCUT2D eigenvalue weighted by Crippen LogP contribution is 2.16. The van der Waals surface area contributed by atoms with Crippen molar-refractivity contribution >= 4 is 5.97 Å². The van der Waals surface area contributed by atoms with Gasteiger partial charge in [-0.2, -0.15) is 0 Å². The van der Waals surface area contributed by atoms with Crippen molar-refractivity contribution in [2.24, 2.45) is 0 Å². The molecule has 0 aliphatic heterocycles. The Kier molecular flexibility index (Phi) is 7.43. The van der Waals surface area contributed by atoms with Gasteiger partial charge in [0.1, 0.15) is 18.1 Å². The van der Waals surface area contributed by atoms with Gasteiger partial charge < -0.3 is 19.5 Å². The molecule has 0 aromatic heterocycles. The van der Waals surface area contributed by atoms with E-state index < -0.39 is 0 Å². The highest BCUT2D eigenvalue weighted by atomic mass is 16.5. The van der Waals surface area contributed by atoms with E-state index in [9.17, 15) is 4.79 Å². The third-order valence-corrected chi connectivity index (χ3v) is 2.42. The summed E-state index contributed by atoms with van der Waals surface area (Å²) in [5.41, 5.74) is 0. The zero-order valence-corrected chi connectivity index (χ0v) is 11.5. The molecule has 0 spiro atoms. The van der Waals surface area contributed by atoms with Gasteiger partial charge in [0.05, 0.1) is 20.1 Å². The Morgan fingerprint density at radius 1 is 1.16 bits per heavy atom. The second-order valence-corrected chi connectivity index (χ2v) is 3.83. The minimum Gasteiger partial charge on any atom is -0.497 e. The van der Waals surface area contributed by atoms with Gasteiger partial charge in [-0.3, -0.25) is 4.79 Å². The van der Waals surface area contributed by atoms with Crippen LogP contribution in [-0.2, 0) is 9.53 Å². The summed E-state index contributed by atoms with van der Waals surface area (Å²) in [5.74, 6) is 1.43. The molecule has 1 rings (SSSR count). The number of rotatable bonds is 9. The molecule has 0 heterocycles. The molecule has 0 atom stereocenters. The highest BCUT2D eigenvalue weighted by Gasteiger charge is 2.00. The molecule has 0 saturated carbocycles. The fourth-order valence-electron chi connectivity index (χ4n) is 1.46. The minimum absolute atomic E-state index is 0.175. The first-order valence-corrected chi connectivity index (χ1v) is 6.39. The van der Waals surface area contributed by atoms with Crippen molar-refractivity contribution in [3.8, 4) is 11.5 Å². The number of hydrogen-bond acceptors (Lipinski definition) is 5. The van der Waals surface area contributed by atoms with Gasteiger partial charge in [-0.25, -0.2) is 0 Å². The predicted octanol–water partition coefficient (Wildman–Crippen LogP) is 1.62. The van der Waals surface area contributed by atoms with Crippen LogP contribution in [0.25, 0.3) is 0 Å². The summed E-state index contributed by atoms with van der Waals surface area (Å²) in [7, 11) is 1.63. The van der Waals surface area contributed by atoms with Crippen molar-refractivity contribution in [3.05, 3.63) is 24.3 Å². The number of carbonyl (C=O) groups excluding carboxylic acids is 1. The summed E-state index contributed by atoms with van der Waals surface area (Å²) >= 11 is 0. The van der Waals surface area contributed by atoms with Crippen LogP contribution in [0.3, 0.4) is 0 Å². The van der Waals surface area contributed by atoms with Crippen LogP contribution in [0.15, 0.2) is 24.3 Å². The molecule has 0 amide bonds. The third kappa shape index (κ3) is 6.67. The van der Waals surface area contributed by atoms with E-state index in [1.165, 1.54) is 0 Å². The van der Waals surface area contributed by atoms with Gasteiger partial charge in [-0.15, -0.1) is 0 Å². The molecule has 0 radical (unpaired) electrons. The third-order valence-electron chi connectivity index (χ3n) is 2.42. The monoisotopic (exact) mass is 267 g/mol. The summed E-state index contributed by atoms with van der Waals surface area (Å²) in [5, 5.41) is 3.12. The smallest absolute Gasteiger partial charge is 0.307 e. The van der Waals surface area contributed by atoms with Crippen molar-refractivity contribution in [2.75, 3.05) is 33.4 Å². The Bertz CT molecular complexity index is 364. The Morgan fingerprint density at radius 2 is 1.84 bits per heavy atom. The minimum atomic E-state index is -0.175. The van der Waals surface area contributed by atoms with E-state index in [1.54, 1.807) is 14.0 Å². The van der Waals surface area contributed by atoms with Crippen LogP contribution in [0.5, 0.6) is 11.5 Å². The lowest BCUT2D eigenvalue weighted by atomic mass is 10.3. The molecule has 1 aromatic rings. The van der Waals surface area contributed by atoms with Crippen molar-refractivity contribution in [1.82, 2.24) is 5.32 Å². The molecule has 1 aromatic carbocycles. The van der Waals surface area contributed by atoms with Gasteiger partial charge in [0.2, 0.25) is 0 Å². The largest absolute Gasteiger partial charge is 0.497 e. The SMILES string of the molecule is CCOC(=O)CCNCCOc1ccc(OC)cc1. The van der Waals surface area contributed by atoms with Gasteiger partial charge in [0.15, 0.2) is 0 Å². The van der Waals surface area contributed by atoms with Crippen molar-refractivity contribution in [3.63, 3.8) is 0 Å². The topological polar surface area (TPSA) is 56.8 Å². The Labute approximate surface area is 113 Å². The molecule has 0 aliphatic rings. The second kappa shape index (κ2) is 9.22. The van der Waals surface area contributed by atoms with E-state index >= 15 is 0 Å².